The Kier molecular flexibility index (Phi) is 5.77. The molecule has 4 aromatic heterocycles. The first kappa shape index (κ1) is 22.6. The van der Waals surface area contributed by atoms with Gasteiger partial charge in [-0.25, -0.2) is 9.97 Å². The molecule has 0 amide bonds. The van der Waals surface area contributed by atoms with Crippen molar-refractivity contribution in [1.82, 2.24) is 19.9 Å². The van der Waals surface area contributed by atoms with Crippen LogP contribution in [0.1, 0.15) is 37.1 Å². The molecule has 1 aliphatic rings. The molecular formula is C32H26N6. The van der Waals surface area contributed by atoms with Crippen LogP contribution in [0.4, 0.5) is 0 Å². The molecule has 0 bridgehead atoms. The Morgan fingerprint density at radius 3 is 1.42 bits per heavy atom. The van der Waals surface area contributed by atoms with Gasteiger partial charge in [-0.2, -0.15) is 0 Å². The standard InChI is InChI=1S/C32H26N6/c1-2-8-28(36-20-26-16-14-24-12-10-22-6-4-18-34-30(22)32(24)38-26)27(7-1)35-19-25-15-13-23-11-9-21-5-3-17-33-29(21)31(23)37-25/h3-6,9-20,27-28H,1-2,7-8H2/t27-,28-/m1/s1. The largest absolute Gasteiger partial charge is 0.285 e. The quantitative estimate of drug-likeness (QED) is 0.201. The van der Waals surface area contributed by atoms with E-state index in [9.17, 15) is 0 Å². The van der Waals surface area contributed by atoms with Gasteiger partial charge < -0.3 is 0 Å². The molecule has 7 rings (SSSR count). The minimum atomic E-state index is 0.131. The summed E-state index contributed by atoms with van der Waals surface area (Å²) in [6.07, 6.45) is 11.8. The van der Waals surface area contributed by atoms with E-state index < -0.39 is 0 Å². The van der Waals surface area contributed by atoms with Crippen molar-refractivity contribution < 1.29 is 0 Å². The molecule has 4 heterocycles. The van der Waals surface area contributed by atoms with Gasteiger partial charge in [0.25, 0.3) is 0 Å². The normalized spacial score (nSPS) is 18.4. The van der Waals surface area contributed by atoms with Gasteiger partial charge in [-0.1, -0.05) is 61.4 Å². The molecule has 0 spiro atoms. The number of hydrogen-bond donors (Lipinski definition) is 0. The van der Waals surface area contributed by atoms with E-state index in [1.807, 2.05) is 49.1 Å². The molecule has 6 heteroatoms. The van der Waals surface area contributed by atoms with E-state index in [0.717, 1.165) is 67.8 Å². The Balaban J connectivity index is 1.16. The van der Waals surface area contributed by atoms with Crippen molar-refractivity contribution in [2.24, 2.45) is 9.98 Å². The Bertz CT molecular complexity index is 1720. The number of fused-ring (bicyclic) bond motifs is 6. The number of aromatic nitrogens is 4. The molecule has 2 aromatic carbocycles. The van der Waals surface area contributed by atoms with Gasteiger partial charge in [-0.15, -0.1) is 0 Å². The summed E-state index contributed by atoms with van der Waals surface area (Å²) >= 11 is 0. The molecule has 0 N–H and O–H groups in total. The molecule has 0 saturated heterocycles. The van der Waals surface area contributed by atoms with Crippen molar-refractivity contribution >= 4 is 56.0 Å². The Hall–Kier alpha value is -4.58. The third-order valence-electron chi connectivity index (χ3n) is 7.40. The zero-order chi connectivity index (χ0) is 25.3. The fourth-order valence-corrected chi connectivity index (χ4v) is 5.41. The van der Waals surface area contributed by atoms with E-state index in [0.29, 0.717) is 0 Å². The van der Waals surface area contributed by atoms with Crippen LogP contribution in [0.2, 0.25) is 0 Å². The SMILES string of the molecule is C(=N[C@@H]1CCCC[C@H]1N=Cc1ccc2ccc3cccnc3c2n1)c1ccc2ccc3cccnc3c2n1. The summed E-state index contributed by atoms with van der Waals surface area (Å²) < 4.78 is 0. The summed E-state index contributed by atoms with van der Waals surface area (Å²) in [7, 11) is 0. The maximum absolute atomic E-state index is 4.97. The van der Waals surface area contributed by atoms with E-state index in [1.54, 1.807) is 0 Å². The highest BCUT2D eigenvalue weighted by Gasteiger charge is 2.23. The van der Waals surface area contributed by atoms with E-state index in [4.69, 9.17) is 20.0 Å². The average molecular weight is 495 g/mol. The fourth-order valence-electron chi connectivity index (χ4n) is 5.41. The molecule has 38 heavy (non-hydrogen) atoms. The van der Waals surface area contributed by atoms with Gasteiger partial charge in [0.2, 0.25) is 0 Å². The van der Waals surface area contributed by atoms with Crippen molar-refractivity contribution in [3.63, 3.8) is 0 Å². The molecule has 1 saturated carbocycles. The first-order valence-electron chi connectivity index (χ1n) is 13.2. The number of nitrogens with zero attached hydrogens (tertiary/aromatic N) is 6. The van der Waals surface area contributed by atoms with Crippen LogP contribution < -0.4 is 0 Å². The predicted molar refractivity (Wildman–Crippen MR) is 155 cm³/mol. The lowest BCUT2D eigenvalue weighted by Gasteiger charge is -2.25. The molecule has 6 nitrogen and oxygen atoms in total. The van der Waals surface area contributed by atoms with Crippen molar-refractivity contribution in [3.8, 4) is 0 Å². The molecular weight excluding hydrogens is 468 g/mol. The summed E-state index contributed by atoms with van der Waals surface area (Å²) in [4.78, 5) is 28.9. The molecule has 1 fully saturated rings. The lowest BCUT2D eigenvalue weighted by atomic mass is 9.91. The first-order chi connectivity index (χ1) is 18.8. The number of rotatable bonds is 4. The molecule has 2 atom stereocenters. The second-order valence-electron chi connectivity index (χ2n) is 9.87. The molecule has 184 valence electrons. The van der Waals surface area contributed by atoms with E-state index >= 15 is 0 Å². The number of hydrogen-bond acceptors (Lipinski definition) is 6. The maximum Gasteiger partial charge on any atom is 0.0972 e. The Morgan fingerprint density at radius 1 is 0.526 bits per heavy atom. The van der Waals surface area contributed by atoms with Gasteiger partial charge in [-0.05, 0) is 37.1 Å². The molecule has 0 unspecified atom stereocenters. The number of pyridine rings is 4. The topological polar surface area (TPSA) is 76.3 Å². The summed E-state index contributed by atoms with van der Waals surface area (Å²) in [6, 6.07) is 24.9. The first-order valence-corrected chi connectivity index (χ1v) is 13.2. The summed E-state index contributed by atoms with van der Waals surface area (Å²) in [6.45, 7) is 0. The van der Waals surface area contributed by atoms with Crippen LogP contribution >= 0.6 is 0 Å². The van der Waals surface area contributed by atoms with Gasteiger partial charge in [0.15, 0.2) is 0 Å². The van der Waals surface area contributed by atoms with Crippen LogP contribution in [0.3, 0.4) is 0 Å². The van der Waals surface area contributed by atoms with Crippen molar-refractivity contribution in [2.75, 3.05) is 0 Å². The fraction of sp³-hybridized carbons (Fsp3) is 0.188. The predicted octanol–water partition coefficient (Wildman–Crippen LogP) is 6.73. The molecule has 0 radical (unpaired) electrons. The minimum absolute atomic E-state index is 0.131. The monoisotopic (exact) mass is 494 g/mol. The van der Waals surface area contributed by atoms with Crippen molar-refractivity contribution in [1.29, 1.82) is 0 Å². The Morgan fingerprint density at radius 2 is 0.947 bits per heavy atom. The molecule has 1 aliphatic carbocycles. The lowest BCUT2D eigenvalue weighted by molar-refractivity contribution is 0.390. The van der Waals surface area contributed by atoms with Crippen molar-refractivity contribution in [2.45, 2.75) is 37.8 Å². The second-order valence-corrected chi connectivity index (χ2v) is 9.87. The highest BCUT2D eigenvalue weighted by Crippen LogP contribution is 2.26. The van der Waals surface area contributed by atoms with Crippen LogP contribution in [0, 0.1) is 0 Å². The molecule has 0 aliphatic heterocycles. The zero-order valence-corrected chi connectivity index (χ0v) is 20.9. The van der Waals surface area contributed by atoms with Gasteiger partial charge >= 0.3 is 0 Å². The van der Waals surface area contributed by atoms with Gasteiger partial charge in [0.1, 0.15) is 0 Å². The highest BCUT2D eigenvalue weighted by molar-refractivity contribution is 6.04. The number of benzene rings is 2. The van der Waals surface area contributed by atoms with Crippen LogP contribution in [0.5, 0.6) is 0 Å². The minimum Gasteiger partial charge on any atom is -0.285 e. The average Bonchev–Trinajstić information content (AvgIpc) is 2.99. The van der Waals surface area contributed by atoms with Crippen molar-refractivity contribution in [3.05, 3.63) is 96.6 Å². The third-order valence-corrected chi connectivity index (χ3v) is 7.40. The van der Waals surface area contributed by atoms with E-state index in [1.165, 1.54) is 12.8 Å². The maximum atomic E-state index is 4.97. The van der Waals surface area contributed by atoms with E-state index in [2.05, 4.69) is 58.5 Å². The summed E-state index contributed by atoms with van der Waals surface area (Å²) in [5.41, 5.74) is 5.36. The smallest absolute Gasteiger partial charge is 0.0972 e. The van der Waals surface area contributed by atoms with Gasteiger partial charge in [-0.3, -0.25) is 20.0 Å². The lowest BCUT2D eigenvalue weighted by Crippen LogP contribution is -2.27. The van der Waals surface area contributed by atoms with Gasteiger partial charge in [0, 0.05) is 46.4 Å². The van der Waals surface area contributed by atoms with Crippen LogP contribution in [-0.4, -0.2) is 44.4 Å². The highest BCUT2D eigenvalue weighted by atomic mass is 14.9. The molecule has 6 aromatic rings. The van der Waals surface area contributed by atoms with E-state index in [-0.39, 0.29) is 12.1 Å². The summed E-state index contributed by atoms with van der Waals surface area (Å²) in [5.74, 6) is 0. The zero-order valence-electron chi connectivity index (χ0n) is 20.9. The second kappa shape index (κ2) is 9.71. The number of aliphatic imine (C=N–C) groups is 2. The van der Waals surface area contributed by atoms with Gasteiger partial charge in [0.05, 0.1) is 45.5 Å². The van der Waals surface area contributed by atoms with Crippen LogP contribution in [-0.2, 0) is 0 Å². The van der Waals surface area contributed by atoms with Crippen LogP contribution in [0.25, 0.3) is 43.6 Å². The third kappa shape index (κ3) is 4.28. The Labute approximate surface area is 220 Å². The van der Waals surface area contributed by atoms with Crippen LogP contribution in [0.15, 0.2) is 95.2 Å². The summed E-state index contributed by atoms with van der Waals surface area (Å²) in [5, 5.41) is 4.35.